The summed E-state index contributed by atoms with van der Waals surface area (Å²) in [7, 11) is 0. The molecule has 1 saturated carbocycles. The van der Waals surface area contributed by atoms with Gasteiger partial charge in [-0.05, 0) is 57.0 Å². The maximum absolute atomic E-state index is 12.5. The average molecular weight is 313 g/mol. The molecule has 23 heavy (non-hydrogen) atoms. The second kappa shape index (κ2) is 5.87. The first kappa shape index (κ1) is 15.3. The standard InChI is InChI=1S/C17H19N3O3/c1-11-9-12(2)20(18-11)15-5-3-13(4-6-15)17(23)19(10-16(21)22)14-7-8-14/h3-6,9,14H,7-8,10H2,1-2H3,(H,21,22). The van der Waals surface area contributed by atoms with E-state index in [1.54, 1.807) is 12.1 Å². The van der Waals surface area contributed by atoms with Gasteiger partial charge in [-0.2, -0.15) is 5.10 Å². The van der Waals surface area contributed by atoms with Crippen molar-refractivity contribution in [3.05, 3.63) is 47.3 Å². The topological polar surface area (TPSA) is 75.4 Å². The van der Waals surface area contributed by atoms with Crippen molar-refractivity contribution < 1.29 is 14.7 Å². The molecule has 0 bridgehead atoms. The Morgan fingerprint density at radius 1 is 1.26 bits per heavy atom. The van der Waals surface area contributed by atoms with Crippen molar-refractivity contribution in [1.82, 2.24) is 14.7 Å². The van der Waals surface area contributed by atoms with E-state index >= 15 is 0 Å². The third-order valence-corrected chi connectivity index (χ3v) is 3.92. The molecule has 1 aliphatic rings. The van der Waals surface area contributed by atoms with Gasteiger partial charge in [-0.3, -0.25) is 9.59 Å². The maximum atomic E-state index is 12.5. The summed E-state index contributed by atoms with van der Waals surface area (Å²) in [4.78, 5) is 24.9. The van der Waals surface area contributed by atoms with Crippen molar-refractivity contribution in [1.29, 1.82) is 0 Å². The van der Waals surface area contributed by atoms with Gasteiger partial charge in [-0.1, -0.05) is 0 Å². The normalized spacial score (nSPS) is 13.8. The number of hydrogen-bond acceptors (Lipinski definition) is 3. The van der Waals surface area contributed by atoms with Gasteiger partial charge in [-0.15, -0.1) is 0 Å². The molecule has 1 aromatic heterocycles. The van der Waals surface area contributed by atoms with E-state index in [9.17, 15) is 9.59 Å². The number of carbonyl (C=O) groups is 2. The van der Waals surface area contributed by atoms with Crippen LogP contribution in [0.15, 0.2) is 30.3 Å². The number of aliphatic carboxylic acids is 1. The van der Waals surface area contributed by atoms with Gasteiger partial charge in [0.15, 0.2) is 0 Å². The smallest absolute Gasteiger partial charge is 0.323 e. The Morgan fingerprint density at radius 2 is 1.91 bits per heavy atom. The van der Waals surface area contributed by atoms with Crippen molar-refractivity contribution in [2.45, 2.75) is 32.7 Å². The van der Waals surface area contributed by atoms with Gasteiger partial charge < -0.3 is 10.0 Å². The molecule has 0 radical (unpaired) electrons. The fourth-order valence-electron chi connectivity index (χ4n) is 2.70. The number of carboxylic acid groups (broad SMARTS) is 1. The number of amides is 1. The zero-order chi connectivity index (χ0) is 16.6. The van der Waals surface area contributed by atoms with Gasteiger partial charge in [-0.25, -0.2) is 4.68 Å². The zero-order valence-corrected chi connectivity index (χ0v) is 13.2. The molecule has 0 spiro atoms. The summed E-state index contributed by atoms with van der Waals surface area (Å²) in [5, 5.41) is 13.4. The molecule has 1 N–H and O–H groups in total. The highest BCUT2D eigenvalue weighted by Gasteiger charge is 2.34. The van der Waals surface area contributed by atoms with E-state index in [1.165, 1.54) is 4.90 Å². The van der Waals surface area contributed by atoms with Crippen LogP contribution in [-0.4, -0.2) is 44.3 Å². The molecule has 6 nitrogen and oxygen atoms in total. The second-order valence-corrected chi connectivity index (χ2v) is 5.94. The van der Waals surface area contributed by atoms with Crippen LogP contribution in [0.3, 0.4) is 0 Å². The first-order valence-corrected chi connectivity index (χ1v) is 7.62. The Labute approximate surface area is 134 Å². The minimum atomic E-state index is -0.982. The van der Waals surface area contributed by atoms with Crippen LogP contribution in [0.2, 0.25) is 0 Å². The number of aromatic nitrogens is 2. The summed E-state index contributed by atoms with van der Waals surface area (Å²) in [6.07, 6.45) is 1.76. The van der Waals surface area contributed by atoms with Gasteiger partial charge in [0.1, 0.15) is 6.54 Å². The predicted octanol–water partition coefficient (Wildman–Crippen LogP) is 2.18. The van der Waals surface area contributed by atoms with Crippen molar-refractivity contribution in [2.24, 2.45) is 0 Å². The van der Waals surface area contributed by atoms with Crippen LogP contribution in [0, 0.1) is 13.8 Å². The third kappa shape index (κ3) is 3.26. The molecule has 1 heterocycles. The van der Waals surface area contributed by atoms with Gasteiger partial charge in [0.25, 0.3) is 5.91 Å². The zero-order valence-electron chi connectivity index (χ0n) is 13.2. The van der Waals surface area contributed by atoms with E-state index in [0.29, 0.717) is 5.56 Å². The number of aryl methyl sites for hydroxylation is 2. The lowest BCUT2D eigenvalue weighted by Gasteiger charge is -2.20. The molecular formula is C17H19N3O3. The molecule has 0 unspecified atom stereocenters. The van der Waals surface area contributed by atoms with Gasteiger partial charge in [0.05, 0.1) is 11.4 Å². The van der Waals surface area contributed by atoms with E-state index in [2.05, 4.69) is 5.10 Å². The Morgan fingerprint density at radius 3 is 2.39 bits per heavy atom. The number of benzene rings is 1. The van der Waals surface area contributed by atoms with E-state index in [4.69, 9.17) is 5.11 Å². The molecule has 0 aliphatic heterocycles. The molecule has 1 aliphatic carbocycles. The number of rotatable bonds is 5. The van der Waals surface area contributed by atoms with Crippen molar-refractivity contribution in [2.75, 3.05) is 6.54 Å². The lowest BCUT2D eigenvalue weighted by atomic mass is 10.1. The van der Waals surface area contributed by atoms with Crippen molar-refractivity contribution in [3.8, 4) is 5.69 Å². The Balaban J connectivity index is 1.82. The maximum Gasteiger partial charge on any atom is 0.323 e. The number of nitrogens with zero attached hydrogens (tertiary/aromatic N) is 3. The van der Waals surface area contributed by atoms with Crippen LogP contribution in [-0.2, 0) is 4.79 Å². The lowest BCUT2D eigenvalue weighted by Crippen LogP contribution is -2.37. The first-order chi connectivity index (χ1) is 11.0. The van der Waals surface area contributed by atoms with Crippen LogP contribution >= 0.6 is 0 Å². The Kier molecular flexibility index (Phi) is 3.90. The van der Waals surface area contributed by atoms with Crippen LogP contribution in [0.1, 0.15) is 34.6 Å². The fraction of sp³-hybridized carbons (Fsp3) is 0.353. The number of hydrogen-bond donors (Lipinski definition) is 1. The fourth-order valence-corrected chi connectivity index (χ4v) is 2.70. The number of carbonyl (C=O) groups excluding carboxylic acids is 1. The minimum absolute atomic E-state index is 0.0642. The average Bonchev–Trinajstić information content (AvgIpc) is 3.29. The van der Waals surface area contributed by atoms with Gasteiger partial charge >= 0.3 is 5.97 Å². The molecule has 0 atom stereocenters. The van der Waals surface area contributed by atoms with Crippen LogP contribution < -0.4 is 0 Å². The summed E-state index contributed by atoms with van der Waals surface area (Å²) in [5.74, 6) is -1.21. The SMILES string of the molecule is Cc1cc(C)n(-c2ccc(C(=O)N(CC(=O)O)C3CC3)cc2)n1. The minimum Gasteiger partial charge on any atom is -0.480 e. The van der Waals surface area contributed by atoms with E-state index in [-0.39, 0.29) is 18.5 Å². The molecule has 3 rings (SSSR count). The van der Waals surface area contributed by atoms with Gasteiger partial charge in [0.2, 0.25) is 0 Å². The van der Waals surface area contributed by atoms with Crippen LogP contribution in [0.25, 0.3) is 5.69 Å². The Hall–Kier alpha value is -2.63. The van der Waals surface area contributed by atoms with Crippen LogP contribution in [0.5, 0.6) is 0 Å². The molecule has 120 valence electrons. The lowest BCUT2D eigenvalue weighted by molar-refractivity contribution is -0.137. The molecule has 6 heteroatoms. The molecule has 2 aromatic rings. The highest BCUT2D eigenvalue weighted by atomic mass is 16.4. The summed E-state index contributed by atoms with van der Waals surface area (Å²) in [6.45, 7) is 3.66. The van der Waals surface area contributed by atoms with Gasteiger partial charge in [0, 0.05) is 17.3 Å². The molecule has 1 amide bonds. The quantitative estimate of drug-likeness (QED) is 0.918. The summed E-state index contributed by atoms with van der Waals surface area (Å²) < 4.78 is 1.82. The monoisotopic (exact) mass is 313 g/mol. The van der Waals surface area contributed by atoms with E-state index in [0.717, 1.165) is 29.9 Å². The highest BCUT2D eigenvalue weighted by Crippen LogP contribution is 2.28. The molecule has 1 fully saturated rings. The second-order valence-electron chi connectivity index (χ2n) is 5.94. The van der Waals surface area contributed by atoms with E-state index < -0.39 is 5.97 Å². The Bertz CT molecular complexity index is 745. The van der Waals surface area contributed by atoms with E-state index in [1.807, 2.05) is 36.7 Å². The molecule has 0 saturated heterocycles. The van der Waals surface area contributed by atoms with Crippen molar-refractivity contribution >= 4 is 11.9 Å². The molecule has 1 aromatic carbocycles. The number of carboxylic acids is 1. The van der Waals surface area contributed by atoms with Crippen molar-refractivity contribution in [3.63, 3.8) is 0 Å². The summed E-state index contributed by atoms with van der Waals surface area (Å²) in [5.41, 5.74) is 3.34. The predicted molar refractivity (Wildman–Crippen MR) is 84.7 cm³/mol. The molecular weight excluding hydrogens is 294 g/mol. The highest BCUT2D eigenvalue weighted by molar-refractivity contribution is 5.96. The summed E-state index contributed by atoms with van der Waals surface area (Å²) in [6, 6.07) is 9.17. The van der Waals surface area contributed by atoms with Crippen LogP contribution in [0.4, 0.5) is 0 Å². The summed E-state index contributed by atoms with van der Waals surface area (Å²) >= 11 is 0. The third-order valence-electron chi connectivity index (χ3n) is 3.92. The first-order valence-electron chi connectivity index (χ1n) is 7.62. The largest absolute Gasteiger partial charge is 0.480 e.